The second kappa shape index (κ2) is 7.78. The number of hydrogen-bond acceptors (Lipinski definition) is 3. The number of hydrogen-bond donors (Lipinski definition) is 1. The first-order valence-electron chi connectivity index (χ1n) is 7.88. The van der Waals surface area contributed by atoms with Crippen molar-refractivity contribution < 1.29 is 14.7 Å². The molecule has 3 atom stereocenters. The van der Waals surface area contributed by atoms with Gasteiger partial charge in [-0.2, -0.15) is 0 Å². The van der Waals surface area contributed by atoms with Gasteiger partial charge in [-0.15, -0.1) is 0 Å². The third-order valence-electron chi connectivity index (χ3n) is 4.15. The van der Waals surface area contributed by atoms with E-state index in [1.807, 2.05) is 30.8 Å². The minimum absolute atomic E-state index is 0.0299. The van der Waals surface area contributed by atoms with Gasteiger partial charge >= 0.3 is 5.97 Å². The second-order valence-corrected chi connectivity index (χ2v) is 7.11. The van der Waals surface area contributed by atoms with Crippen LogP contribution in [0.1, 0.15) is 33.6 Å². The Morgan fingerprint density at radius 1 is 1.14 bits per heavy atom. The summed E-state index contributed by atoms with van der Waals surface area (Å²) in [6, 6.07) is 0. The van der Waals surface area contributed by atoms with Crippen molar-refractivity contribution in [2.75, 3.05) is 33.7 Å². The quantitative estimate of drug-likeness (QED) is 0.778. The molecule has 1 N–H and O–H groups in total. The molecule has 0 bridgehead atoms. The van der Waals surface area contributed by atoms with Crippen LogP contribution in [0.2, 0.25) is 0 Å². The van der Waals surface area contributed by atoms with Crippen LogP contribution in [0, 0.1) is 23.7 Å². The van der Waals surface area contributed by atoms with E-state index >= 15 is 0 Å². The molecule has 0 aromatic carbocycles. The van der Waals surface area contributed by atoms with Crippen LogP contribution < -0.4 is 0 Å². The number of amides is 1. The zero-order chi connectivity index (χ0) is 16.2. The second-order valence-electron chi connectivity index (χ2n) is 7.11. The summed E-state index contributed by atoms with van der Waals surface area (Å²) >= 11 is 0. The SMILES string of the molecule is CC(C)CN(CCN(C)C)C(=O)C1CC(C)CC1C(=O)O. The van der Waals surface area contributed by atoms with Gasteiger partial charge in [-0.3, -0.25) is 9.59 Å². The molecule has 1 amide bonds. The fourth-order valence-electron chi connectivity index (χ4n) is 3.13. The largest absolute Gasteiger partial charge is 0.481 e. The van der Waals surface area contributed by atoms with Crippen LogP contribution in [0.4, 0.5) is 0 Å². The highest BCUT2D eigenvalue weighted by Crippen LogP contribution is 2.37. The molecule has 3 unspecified atom stereocenters. The van der Waals surface area contributed by atoms with E-state index in [0.717, 1.165) is 6.54 Å². The first-order valence-corrected chi connectivity index (χ1v) is 7.88. The van der Waals surface area contributed by atoms with E-state index in [2.05, 4.69) is 13.8 Å². The van der Waals surface area contributed by atoms with E-state index in [1.54, 1.807) is 0 Å². The van der Waals surface area contributed by atoms with Gasteiger partial charge in [0.05, 0.1) is 11.8 Å². The van der Waals surface area contributed by atoms with Crippen LogP contribution in [-0.2, 0) is 9.59 Å². The summed E-state index contributed by atoms with van der Waals surface area (Å²) in [5.74, 6) is -0.954. The van der Waals surface area contributed by atoms with Gasteiger partial charge in [-0.1, -0.05) is 20.8 Å². The maximum Gasteiger partial charge on any atom is 0.307 e. The Bertz CT molecular complexity index is 369. The van der Waals surface area contributed by atoms with Crippen molar-refractivity contribution in [2.45, 2.75) is 33.6 Å². The predicted octanol–water partition coefficient (Wildman–Crippen LogP) is 1.78. The van der Waals surface area contributed by atoms with E-state index in [1.165, 1.54) is 0 Å². The molecule has 5 heteroatoms. The summed E-state index contributed by atoms with van der Waals surface area (Å²) in [5.41, 5.74) is 0. The monoisotopic (exact) mass is 298 g/mol. The highest BCUT2D eigenvalue weighted by molar-refractivity contribution is 5.85. The molecular weight excluding hydrogens is 268 g/mol. The average molecular weight is 298 g/mol. The van der Waals surface area contributed by atoms with Crippen LogP contribution in [0.5, 0.6) is 0 Å². The molecule has 1 fully saturated rings. The van der Waals surface area contributed by atoms with E-state index < -0.39 is 11.9 Å². The molecule has 0 aliphatic heterocycles. The minimum Gasteiger partial charge on any atom is -0.481 e. The Morgan fingerprint density at radius 3 is 2.19 bits per heavy atom. The molecule has 1 saturated carbocycles. The zero-order valence-corrected chi connectivity index (χ0v) is 14.0. The molecule has 0 aromatic heterocycles. The summed E-state index contributed by atoms with van der Waals surface area (Å²) in [5, 5.41) is 9.35. The highest BCUT2D eigenvalue weighted by Gasteiger charge is 2.42. The third-order valence-corrected chi connectivity index (χ3v) is 4.15. The molecule has 0 radical (unpaired) electrons. The number of carbonyl (C=O) groups is 2. The number of rotatable bonds is 7. The van der Waals surface area contributed by atoms with Crippen molar-refractivity contribution in [3.63, 3.8) is 0 Å². The molecule has 1 rings (SSSR count). The van der Waals surface area contributed by atoms with Gasteiger partial charge in [-0.05, 0) is 38.8 Å². The van der Waals surface area contributed by atoms with E-state index in [4.69, 9.17) is 0 Å². The van der Waals surface area contributed by atoms with Gasteiger partial charge in [0, 0.05) is 19.6 Å². The Balaban J connectivity index is 2.80. The van der Waals surface area contributed by atoms with Crippen molar-refractivity contribution in [3.05, 3.63) is 0 Å². The van der Waals surface area contributed by atoms with Crippen LogP contribution in [0.15, 0.2) is 0 Å². The predicted molar refractivity (Wildman–Crippen MR) is 83.0 cm³/mol. The van der Waals surface area contributed by atoms with E-state index in [-0.39, 0.29) is 11.8 Å². The summed E-state index contributed by atoms with van der Waals surface area (Å²) in [4.78, 5) is 28.1. The normalized spacial score (nSPS) is 25.6. The lowest BCUT2D eigenvalue weighted by atomic mass is 9.94. The van der Waals surface area contributed by atoms with Crippen LogP contribution in [0.25, 0.3) is 0 Å². The topological polar surface area (TPSA) is 60.9 Å². The summed E-state index contributed by atoms with van der Waals surface area (Å²) in [6.07, 6.45) is 1.32. The maximum atomic E-state index is 12.8. The smallest absolute Gasteiger partial charge is 0.307 e. The fraction of sp³-hybridized carbons (Fsp3) is 0.875. The molecule has 0 heterocycles. The van der Waals surface area contributed by atoms with E-state index in [0.29, 0.717) is 37.8 Å². The lowest BCUT2D eigenvalue weighted by Gasteiger charge is -2.29. The molecule has 5 nitrogen and oxygen atoms in total. The number of carboxylic acid groups (broad SMARTS) is 1. The van der Waals surface area contributed by atoms with Crippen molar-refractivity contribution in [1.82, 2.24) is 9.80 Å². The summed E-state index contributed by atoms with van der Waals surface area (Å²) in [6.45, 7) is 8.38. The Labute approximate surface area is 128 Å². The van der Waals surface area contributed by atoms with Gasteiger partial charge in [0.2, 0.25) is 5.91 Å². The standard InChI is InChI=1S/C16H30N2O3/c1-11(2)10-18(7-6-17(4)5)15(19)13-8-12(3)9-14(13)16(20)21/h11-14H,6-10H2,1-5H3,(H,20,21). The number of nitrogens with zero attached hydrogens (tertiary/aromatic N) is 2. The number of likely N-dealkylation sites (N-methyl/N-ethyl adjacent to an activating group) is 1. The zero-order valence-electron chi connectivity index (χ0n) is 14.0. The van der Waals surface area contributed by atoms with Crippen LogP contribution in [0.3, 0.4) is 0 Å². The van der Waals surface area contributed by atoms with Gasteiger partial charge in [0.15, 0.2) is 0 Å². The van der Waals surface area contributed by atoms with Crippen LogP contribution >= 0.6 is 0 Å². The number of carbonyl (C=O) groups excluding carboxylic acids is 1. The Hall–Kier alpha value is -1.10. The highest BCUT2D eigenvalue weighted by atomic mass is 16.4. The molecular formula is C16H30N2O3. The van der Waals surface area contributed by atoms with Gasteiger partial charge in [0.1, 0.15) is 0 Å². The molecule has 122 valence electrons. The molecule has 0 spiro atoms. The number of aliphatic carboxylic acids is 1. The average Bonchev–Trinajstić information content (AvgIpc) is 2.75. The third kappa shape index (κ3) is 5.30. The van der Waals surface area contributed by atoms with Gasteiger partial charge in [-0.25, -0.2) is 0 Å². The first kappa shape index (κ1) is 18.0. The van der Waals surface area contributed by atoms with Gasteiger partial charge < -0.3 is 14.9 Å². The number of carboxylic acids is 1. The molecule has 0 saturated heterocycles. The lowest BCUT2D eigenvalue weighted by Crippen LogP contribution is -2.44. The van der Waals surface area contributed by atoms with E-state index in [9.17, 15) is 14.7 Å². The molecule has 0 aromatic rings. The van der Waals surface area contributed by atoms with Crippen molar-refractivity contribution in [3.8, 4) is 0 Å². The fourth-order valence-corrected chi connectivity index (χ4v) is 3.13. The summed E-state index contributed by atoms with van der Waals surface area (Å²) < 4.78 is 0. The maximum absolute atomic E-state index is 12.8. The first-order chi connectivity index (χ1) is 9.72. The Kier molecular flexibility index (Phi) is 6.65. The molecule has 1 aliphatic carbocycles. The molecule has 21 heavy (non-hydrogen) atoms. The van der Waals surface area contributed by atoms with Gasteiger partial charge in [0.25, 0.3) is 0 Å². The van der Waals surface area contributed by atoms with Crippen molar-refractivity contribution in [1.29, 1.82) is 0 Å². The Morgan fingerprint density at radius 2 is 1.71 bits per heavy atom. The van der Waals surface area contributed by atoms with Crippen molar-refractivity contribution in [2.24, 2.45) is 23.7 Å². The summed E-state index contributed by atoms with van der Waals surface area (Å²) in [7, 11) is 3.96. The van der Waals surface area contributed by atoms with Crippen molar-refractivity contribution >= 4 is 11.9 Å². The minimum atomic E-state index is -0.824. The van der Waals surface area contributed by atoms with Crippen LogP contribution in [-0.4, -0.2) is 60.5 Å². The lowest BCUT2D eigenvalue weighted by molar-refractivity contribution is -0.149. The molecule has 1 aliphatic rings.